The predicted octanol–water partition coefficient (Wildman–Crippen LogP) is 0.987. The quantitative estimate of drug-likeness (QED) is 0.827. The molecule has 0 bridgehead atoms. The van der Waals surface area contributed by atoms with E-state index in [1.807, 2.05) is 13.0 Å². The Kier molecular flexibility index (Phi) is 2.66. The molecule has 0 aromatic carbocycles. The lowest BCUT2D eigenvalue weighted by Crippen LogP contribution is -2.45. The summed E-state index contributed by atoms with van der Waals surface area (Å²) in [5, 5.41) is 11.2. The van der Waals surface area contributed by atoms with Gasteiger partial charge in [0.15, 0.2) is 0 Å². The van der Waals surface area contributed by atoms with Crippen LogP contribution < -0.4 is 10.6 Å². The van der Waals surface area contributed by atoms with Crippen LogP contribution in [0.15, 0.2) is 12.4 Å². The van der Waals surface area contributed by atoms with Crippen molar-refractivity contribution in [2.75, 3.05) is 18.4 Å². The van der Waals surface area contributed by atoms with Gasteiger partial charge < -0.3 is 10.6 Å². The zero-order valence-electron chi connectivity index (χ0n) is 10.8. The number of rotatable bonds is 2. The van der Waals surface area contributed by atoms with Gasteiger partial charge in [0.1, 0.15) is 12.1 Å². The molecular formula is C12H18N6. The number of fused-ring (bicyclic) bond motifs is 1. The second kappa shape index (κ2) is 4.20. The van der Waals surface area contributed by atoms with Gasteiger partial charge in [-0.3, -0.25) is 0 Å². The van der Waals surface area contributed by atoms with Gasteiger partial charge >= 0.3 is 0 Å². The zero-order valence-corrected chi connectivity index (χ0v) is 10.8. The molecule has 0 amide bonds. The average molecular weight is 246 g/mol. The van der Waals surface area contributed by atoms with Crippen molar-refractivity contribution >= 4 is 11.6 Å². The van der Waals surface area contributed by atoms with E-state index in [2.05, 4.69) is 32.6 Å². The Morgan fingerprint density at radius 3 is 2.94 bits per heavy atom. The minimum absolute atomic E-state index is 0.109. The monoisotopic (exact) mass is 246 g/mol. The van der Waals surface area contributed by atoms with E-state index in [-0.39, 0.29) is 5.54 Å². The topological polar surface area (TPSA) is 67.1 Å². The van der Waals surface area contributed by atoms with Crippen LogP contribution in [0.3, 0.4) is 0 Å². The first-order valence-electron chi connectivity index (χ1n) is 6.33. The normalized spacial score (nSPS) is 19.0. The first-order valence-corrected chi connectivity index (χ1v) is 6.33. The molecule has 0 unspecified atom stereocenters. The van der Waals surface area contributed by atoms with Crippen LogP contribution in [-0.4, -0.2) is 38.2 Å². The van der Waals surface area contributed by atoms with Crippen molar-refractivity contribution < 1.29 is 0 Å². The summed E-state index contributed by atoms with van der Waals surface area (Å²) in [7, 11) is 0. The molecule has 0 atom stereocenters. The molecule has 1 aliphatic heterocycles. The van der Waals surface area contributed by atoms with Crippen LogP contribution in [-0.2, 0) is 0 Å². The number of aryl methyl sites for hydroxylation is 1. The van der Waals surface area contributed by atoms with Crippen molar-refractivity contribution in [3.63, 3.8) is 0 Å². The van der Waals surface area contributed by atoms with Crippen molar-refractivity contribution in [2.24, 2.45) is 0 Å². The third kappa shape index (κ3) is 2.03. The predicted molar refractivity (Wildman–Crippen MR) is 69.7 cm³/mol. The Morgan fingerprint density at radius 1 is 1.39 bits per heavy atom. The summed E-state index contributed by atoms with van der Waals surface area (Å²) < 4.78 is 1.76. The van der Waals surface area contributed by atoms with Crippen molar-refractivity contribution in [3.05, 3.63) is 18.1 Å². The first-order chi connectivity index (χ1) is 8.66. The lowest BCUT2D eigenvalue weighted by Gasteiger charge is -2.35. The highest BCUT2D eigenvalue weighted by Crippen LogP contribution is 2.23. The van der Waals surface area contributed by atoms with Crippen LogP contribution in [0.2, 0.25) is 0 Å². The summed E-state index contributed by atoms with van der Waals surface area (Å²) in [5.74, 6) is 1.62. The number of hydrogen-bond donors (Lipinski definition) is 2. The van der Waals surface area contributed by atoms with Crippen molar-refractivity contribution in [3.8, 4) is 0 Å². The highest BCUT2D eigenvalue weighted by Gasteiger charge is 2.27. The van der Waals surface area contributed by atoms with E-state index in [1.165, 1.54) is 6.33 Å². The molecule has 1 aliphatic rings. The lowest BCUT2D eigenvalue weighted by molar-refractivity contribution is 0.363. The molecule has 18 heavy (non-hydrogen) atoms. The highest BCUT2D eigenvalue weighted by atomic mass is 15.4. The summed E-state index contributed by atoms with van der Waals surface area (Å²) >= 11 is 0. The molecule has 3 heterocycles. The van der Waals surface area contributed by atoms with Crippen LogP contribution in [0.1, 0.15) is 25.5 Å². The largest absolute Gasteiger partial charge is 0.365 e. The van der Waals surface area contributed by atoms with Crippen LogP contribution in [0.4, 0.5) is 5.82 Å². The average Bonchev–Trinajstić information content (AvgIpc) is 2.77. The molecule has 0 aliphatic carbocycles. The maximum Gasteiger partial charge on any atom is 0.254 e. The van der Waals surface area contributed by atoms with E-state index >= 15 is 0 Å². The summed E-state index contributed by atoms with van der Waals surface area (Å²) in [4.78, 5) is 8.49. The van der Waals surface area contributed by atoms with Gasteiger partial charge in [-0.25, -0.2) is 4.98 Å². The van der Waals surface area contributed by atoms with Crippen molar-refractivity contribution in [2.45, 2.75) is 32.2 Å². The first kappa shape index (κ1) is 11.4. The van der Waals surface area contributed by atoms with E-state index in [0.29, 0.717) is 5.78 Å². The number of hydrogen-bond acceptors (Lipinski definition) is 5. The summed E-state index contributed by atoms with van der Waals surface area (Å²) in [5.41, 5.74) is 1.06. The smallest absolute Gasteiger partial charge is 0.254 e. The van der Waals surface area contributed by atoms with Gasteiger partial charge in [0.25, 0.3) is 5.78 Å². The van der Waals surface area contributed by atoms with Gasteiger partial charge in [0.05, 0.1) is 0 Å². The highest BCUT2D eigenvalue weighted by molar-refractivity contribution is 5.46. The molecule has 1 fully saturated rings. The molecule has 96 valence electrons. The SMILES string of the molecule is Cc1cc(NC2(C)CCNCC2)n2ncnc2n1. The third-order valence-corrected chi connectivity index (χ3v) is 3.52. The fourth-order valence-corrected chi connectivity index (χ4v) is 2.43. The van der Waals surface area contributed by atoms with Gasteiger partial charge in [-0.1, -0.05) is 0 Å². The summed E-state index contributed by atoms with van der Waals surface area (Å²) in [6.07, 6.45) is 3.74. The van der Waals surface area contributed by atoms with Crippen LogP contribution in [0.25, 0.3) is 5.78 Å². The Hall–Kier alpha value is -1.69. The summed E-state index contributed by atoms with van der Waals surface area (Å²) in [6.45, 7) is 6.33. The van der Waals surface area contributed by atoms with E-state index in [9.17, 15) is 0 Å². The van der Waals surface area contributed by atoms with Crippen LogP contribution >= 0.6 is 0 Å². The molecule has 3 rings (SSSR count). The fraction of sp³-hybridized carbons (Fsp3) is 0.583. The van der Waals surface area contributed by atoms with Crippen LogP contribution in [0.5, 0.6) is 0 Å². The Bertz CT molecular complexity index is 555. The standard InChI is InChI=1S/C12H18N6/c1-9-7-10(18-11(16-9)14-8-15-18)17-12(2)3-5-13-6-4-12/h7-8,13,17H,3-6H2,1-2H3. The van der Waals surface area contributed by atoms with Gasteiger partial charge in [-0.15, -0.1) is 0 Å². The third-order valence-electron chi connectivity index (χ3n) is 3.52. The number of nitrogens with zero attached hydrogens (tertiary/aromatic N) is 4. The molecule has 2 N–H and O–H groups in total. The van der Waals surface area contributed by atoms with Gasteiger partial charge in [-0.05, 0) is 39.8 Å². The van der Waals surface area contributed by atoms with E-state index < -0.39 is 0 Å². The number of piperidine rings is 1. The molecule has 1 saturated heterocycles. The maximum atomic E-state index is 4.35. The van der Waals surface area contributed by atoms with Crippen LogP contribution in [0, 0.1) is 6.92 Å². The second-order valence-electron chi connectivity index (χ2n) is 5.19. The molecule has 6 nitrogen and oxygen atoms in total. The van der Waals surface area contributed by atoms with Gasteiger partial charge in [-0.2, -0.15) is 14.6 Å². The molecule has 0 spiro atoms. The molecular weight excluding hydrogens is 228 g/mol. The fourth-order valence-electron chi connectivity index (χ4n) is 2.43. The van der Waals surface area contributed by atoms with Gasteiger partial charge in [0.2, 0.25) is 0 Å². The summed E-state index contributed by atoms with van der Waals surface area (Å²) in [6, 6.07) is 2.02. The number of anilines is 1. The Balaban J connectivity index is 1.96. The number of nitrogens with one attached hydrogen (secondary N) is 2. The molecule has 6 heteroatoms. The second-order valence-corrected chi connectivity index (χ2v) is 5.19. The van der Waals surface area contributed by atoms with Crippen molar-refractivity contribution in [1.29, 1.82) is 0 Å². The van der Waals surface area contributed by atoms with E-state index in [1.54, 1.807) is 4.52 Å². The van der Waals surface area contributed by atoms with Crippen molar-refractivity contribution in [1.82, 2.24) is 24.9 Å². The number of aromatic nitrogens is 4. The maximum absolute atomic E-state index is 4.35. The zero-order chi connectivity index (χ0) is 12.6. The molecule has 0 saturated carbocycles. The Labute approximate surface area is 106 Å². The molecule has 2 aromatic rings. The minimum atomic E-state index is 0.109. The molecule has 2 aromatic heterocycles. The van der Waals surface area contributed by atoms with Gasteiger partial charge in [0, 0.05) is 17.3 Å². The van der Waals surface area contributed by atoms with E-state index in [0.717, 1.165) is 37.4 Å². The lowest BCUT2D eigenvalue weighted by atomic mass is 9.90. The Morgan fingerprint density at radius 2 is 2.17 bits per heavy atom. The van der Waals surface area contributed by atoms with E-state index in [4.69, 9.17) is 0 Å². The minimum Gasteiger partial charge on any atom is -0.365 e. The molecule has 0 radical (unpaired) electrons.